The maximum atomic E-state index is 11.4. The molecule has 0 aliphatic carbocycles. The number of benzene rings is 1. The van der Waals surface area contributed by atoms with Crippen molar-refractivity contribution in [3.8, 4) is 5.75 Å². The summed E-state index contributed by atoms with van der Waals surface area (Å²) in [5.41, 5.74) is 0.149. The first-order chi connectivity index (χ1) is 8.84. The summed E-state index contributed by atoms with van der Waals surface area (Å²) >= 11 is 5.79. The van der Waals surface area contributed by atoms with Crippen molar-refractivity contribution in [1.82, 2.24) is 0 Å². The molecular formula is C12H11ClO5S. The molecule has 19 heavy (non-hydrogen) atoms. The first-order valence-electron chi connectivity index (χ1n) is 5.49. The molecule has 102 valence electrons. The van der Waals surface area contributed by atoms with Gasteiger partial charge >= 0.3 is 15.7 Å². The van der Waals surface area contributed by atoms with Crippen molar-refractivity contribution in [2.75, 3.05) is 5.75 Å². The zero-order valence-electron chi connectivity index (χ0n) is 10.3. The van der Waals surface area contributed by atoms with Crippen LogP contribution >= 0.6 is 11.6 Å². The molecule has 7 heteroatoms. The summed E-state index contributed by atoms with van der Waals surface area (Å²) in [4.78, 5) is 11.4. The zero-order valence-corrected chi connectivity index (χ0v) is 11.8. The second kappa shape index (κ2) is 4.86. The Hall–Kier alpha value is -1.53. The molecule has 1 aromatic heterocycles. The van der Waals surface area contributed by atoms with Crippen LogP contribution in [0.3, 0.4) is 0 Å². The van der Waals surface area contributed by atoms with E-state index >= 15 is 0 Å². The van der Waals surface area contributed by atoms with E-state index in [0.29, 0.717) is 10.9 Å². The van der Waals surface area contributed by atoms with Gasteiger partial charge in [0.1, 0.15) is 16.4 Å². The Morgan fingerprint density at radius 3 is 2.68 bits per heavy atom. The molecular weight excluding hydrogens is 292 g/mol. The van der Waals surface area contributed by atoms with Crippen LogP contribution in [0.25, 0.3) is 11.0 Å². The maximum Gasteiger partial charge on any atom is 0.355 e. The van der Waals surface area contributed by atoms with Gasteiger partial charge in [0.15, 0.2) is 0 Å². The predicted octanol–water partition coefficient (Wildman–Crippen LogP) is 2.48. The number of hydrogen-bond acceptors (Lipinski definition) is 5. The van der Waals surface area contributed by atoms with Crippen LogP contribution < -0.4 is 9.81 Å². The molecule has 0 aliphatic heterocycles. The lowest BCUT2D eigenvalue weighted by Gasteiger charge is -2.07. The van der Waals surface area contributed by atoms with Crippen LogP contribution in [0.2, 0.25) is 5.02 Å². The fourth-order valence-electron chi connectivity index (χ4n) is 1.57. The SMILES string of the molecule is CCS(=O)(=O)Oc1ccc2c(C)c(Cl)c(=O)oc2c1. The van der Waals surface area contributed by atoms with E-state index in [0.717, 1.165) is 0 Å². The normalized spacial score (nSPS) is 11.7. The number of fused-ring (bicyclic) bond motifs is 1. The molecule has 0 unspecified atom stereocenters. The van der Waals surface area contributed by atoms with E-state index in [9.17, 15) is 13.2 Å². The summed E-state index contributed by atoms with van der Waals surface area (Å²) in [6, 6.07) is 4.44. The minimum absolute atomic E-state index is 0.0161. The summed E-state index contributed by atoms with van der Waals surface area (Å²) in [6.07, 6.45) is 0. The minimum atomic E-state index is -3.62. The van der Waals surface area contributed by atoms with Crippen molar-refractivity contribution in [3.05, 3.63) is 39.2 Å². The Balaban J connectivity index is 2.59. The standard InChI is InChI=1S/C12H11ClO5S/c1-3-19(15,16)18-8-4-5-9-7(2)11(13)12(14)17-10(9)6-8/h4-6H,3H2,1-2H3. The highest BCUT2D eigenvalue weighted by molar-refractivity contribution is 7.87. The molecule has 0 N–H and O–H groups in total. The molecule has 0 radical (unpaired) electrons. The zero-order chi connectivity index (χ0) is 14.2. The lowest BCUT2D eigenvalue weighted by molar-refractivity contribution is 0.486. The van der Waals surface area contributed by atoms with Crippen LogP contribution in [-0.4, -0.2) is 14.2 Å². The van der Waals surface area contributed by atoms with Crippen molar-refractivity contribution >= 4 is 32.7 Å². The van der Waals surface area contributed by atoms with Gasteiger partial charge in [-0.25, -0.2) is 4.79 Å². The van der Waals surface area contributed by atoms with Gasteiger partial charge in [-0.15, -0.1) is 0 Å². The monoisotopic (exact) mass is 302 g/mol. The number of rotatable bonds is 3. The summed E-state index contributed by atoms with van der Waals surface area (Å²) in [7, 11) is -3.62. The van der Waals surface area contributed by atoms with Crippen LogP contribution in [0, 0.1) is 6.92 Å². The lowest BCUT2D eigenvalue weighted by Crippen LogP contribution is -2.11. The number of aryl methyl sites for hydroxylation is 1. The molecule has 0 fully saturated rings. The van der Waals surface area contributed by atoms with Gasteiger partial charge < -0.3 is 8.60 Å². The van der Waals surface area contributed by atoms with E-state index in [4.69, 9.17) is 20.2 Å². The second-order valence-electron chi connectivity index (χ2n) is 3.92. The highest BCUT2D eigenvalue weighted by atomic mass is 35.5. The third-order valence-corrected chi connectivity index (χ3v) is 4.24. The van der Waals surface area contributed by atoms with Crippen LogP contribution in [-0.2, 0) is 10.1 Å². The smallest absolute Gasteiger partial charge is 0.355 e. The van der Waals surface area contributed by atoms with Crippen molar-refractivity contribution in [2.45, 2.75) is 13.8 Å². The van der Waals surface area contributed by atoms with Gasteiger partial charge in [0, 0.05) is 11.5 Å². The first kappa shape index (κ1) is 13.9. The van der Waals surface area contributed by atoms with Crippen LogP contribution in [0.1, 0.15) is 12.5 Å². The van der Waals surface area contributed by atoms with Gasteiger partial charge in [0.05, 0.1) is 5.75 Å². The average molecular weight is 303 g/mol. The number of hydrogen-bond donors (Lipinski definition) is 0. The minimum Gasteiger partial charge on any atom is -0.421 e. The Labute approximate surface area is 114 Å². The van der Waals surface area contributed by atoms with Gasteiger partial charge in [-0.1, -0.05) is 11.6 Å². The molecule has 0 saturated heterocycles. The van der Waals surface area contributed by atoms with Crippen LogP contribution in [0.5, 0.6) is 5.75 Å². The Kier molecular flexibility index (Phi) is 3.56. The van der Waals surface area contributed by atoms with Crippen molar-refractivity contribution in [3.63, 3.8) is 0 Å². The number of halogens is 1. The van der Waals surface area contributed by atoms with Crippen LogP contribution in [0.15, 0.2) is 27.4 Å². The molecule has 0 amide bonds. The third-order valence-electron chi connectivity index (χ3n) is 2.64. The van der Waals surface area contributed by atoms with Gasteiger partial charge in [-0.2, -0.15) is 8.42 Å². The summed E-state index contributed by atoms with van der Waals surface area (Å²) in [5, 5.41) is 0.646. The molecule has 0 saturated carbocycles. The molecule has 2 aromatic rings. The van der Waals surface area contributed by atoms with E-state index in [-0.39, 0.29) is 22.1 Å². The molecule has 0 atom stereocenters. The second-order valence-corrected chi connectivity index (χ2v) is 6.15. The third kappa shape index (κ3) is 2.74. The van der Waals surface area contributed by atoms with E-state index < -0.39 is 15.7 Å². The van der Waals surface area contributed by atoms with E-state index in [1.165, 1.54) is 19.1 Å². The summed E-state index contributed by atoms with van der Waals surface area (Å²) in [5.74, 6) is -0.0477. The molecule has 0 aliphatic rings. The quantitative estimate of drug-likeness (QED) is 0.643. The molecule has 2 rings (SSSR count). The van der Waals surface area contributed by atoms with Gasteiger partial charge in [0.25, 0.3) is 0 Å². The van der Waals surface area contributed by atoms with Gasteiger partial charge in [-0.05, 0) is 31.5 Å². The Morgan fingerprint density at radius 1 is 1.37 bits per heavy atom. The highest BCUT2D eigenvalue weighted by Crippen LogP contribution is 2.26. The summed E-state index contributed by atoms with van der Waals surface area (Å²) < 4.78 is 32.6. The molecule has 0 spiro atoms. The topological polar surface area (TPSA) is 73.6 Å². The van der Waals surface area contributed by atoms with Crippen molar-refractivity contribution in [2.24, 2.45) is 0 Å². The first-order valence-corrected chi connectivity index (χ1v) is 7.44. The fraction of sp³-hybridized carbons (Fsp3) is 0.250. The fourth-order valence-corrected chi connectivity index (χ4v) is 2.23. The van der Waals surface area contributed by atoms with E-state index in [2.05, 4.69) is 0 Å². The maximum absolute atomic E-state index is 11.4. The van der Waals surface area contributed by atoms with Crippen LogP contribution in [0.4, 0.5) is 0 Å². The molecule has 1 heterocycles. The molecule has 0 bridgehead atoms. The predicted molar refractivity (Wildman–Crippen MR) is 72.3 cm³/mol. The highest BCUT2D eigenvalue weighted by Gasteiger charge is 2.13. The lowest BCUT2D eigenvalue weighted by atomic mass is 10.1. The molecule has 1 aromatic carbocycles. The average Bonchev–Trinajstić information content (AvgIpc) is 2.35. The largest absolute Gasteiger partial charge is 0.421 e. The Morgan fingerprint density at radius 2 is 2.05 bits per heavy atom. The van der Waals surface area contributed by atoms with Crippen molar-refractivity contribution < 1.29 is 17.0 Å². The Bertz CT molecular complexity index is 792. The van der Waals surface area contributed by atoms with Crippen molar-refractivity contribution in [1.29, 1.82) is 0 Å². The van der Waals surface area contributed by atoms with Gasteiger partial charge in [0.2, 0.25) is 0 Å². The summed E-state index contributed by atoms with van der Waals surface area (Å²) in [6.45, 7) is 3.16. The van der Waals surface area contributed by atoms with E-state index in [1.807, 2.05) is 0 Å². The van der Waals surface area contributed by atoms with Gasteiger partial charge in [-0.3, -0.25) is 0 Å². The van der Waals surface area contributed by atoms with E-state index in [1.54, 1.807) is 13.0 Å². The molecule has 5 nitrogen and oxygen atoms in total.